The van der Waals surface area contributed by atoms with Crippen molar-refractivity contribution < 1.29 is 9.59 Å². The molecule has 0 aliphatic carbocycles. The van der Waals surface area contributed by atoms with Gasteiger partial charge in [-0.05, 0) is 42.0 Å². The predicted octanol–water partition coefficient (Wildman–Crippen LogP) is 3.47. The molecule has 1 unspecified atom stereocenters. The summed E-state index contributed by atoms with van der Waals surface area (Å²) in [5.74, 6) is -0.920. The van der Waals surface area contributed by atoms with Crippen LogP contribution >= 0.6 is 27.5 Å². The van der Waals surface area contributed by atoms with E-state index in [1.807, 2.05) is 24.3 Å². The van der Waals surface area contributed by atoms with Gasteiger partial charge in [-0.1, -0.05) is 39.7 Å². The van der Waals surface area contributed by atoms with Crippen LogP contribution in [-0.2, 0) is 16.0 Å². The zero-order valence-electron chi connectivity index (χ0n) is 13.1. The third kappa shape index (κ3) is 4.21. The molecule has 7 heteroatoms. The van der Waals surface area contributed by atoms with Crippen LogP contribution in [0.5, 0.6) is 0 Å². The summed E-state index contributed by atoms with van der Waals surface area (Å²) < 4.78 is 0.804. The van der Waals surface area contributed by atoms with E-state index >= 15 is 0 Å². The van der Waals surface area contributed by atoms with Gasteiger partial charge < -0.3 is 16.0 Å². The zero-order valence-corrected chi connectivity index (χ0v) is 15.4. The fourth-order valence-electron chi connectivity index (χ4n) is 2.65. The van der Waals surface area contributed by atoms with Crippen LogP contribution in [0, 0.1) is 0 Å². The number of hydrogen-bond donors (Lipinski definition) is 3. The van der Waals surface area contributed by atoms with Gasteiger partial charge in [-0.15, -0.1) is 0 Å². The molecule has 1 atom stereocenters. The highest BCUT2D eigenvalue weighted by molar-refractivity contribution is 9.10. The van der Waals surface area contributed by atoms with Crippen molar-refractivity contribution in [3.8, 4) is 0 Å². The monoisotopic (exact) mass is 419 g/mol. The number of amides is 2. The first-order valence-corrected chi connectivity index (χ1v) is 8.71. The van der Waals surface area contributed by atoms with Gasteiger partial charge in [-0.25, -0.2) is 0 Å². The van der Waals surface area contributed by atoms with Crippen LogP contribution in [0.3, 0.4) is 0 Å². The molecule has 0 radical (unpaired) electrons. The van der Waals surface area contributed by atoms with E-state index in [0.717, 1.165) is 21.1 Å². The van der Waals surface area contributed by atoms with E-state index in [0.29, 0.717) is 10.6 Å². The molecule has 1 aromatic heterocycles. The third-order valence-corrected chi connectivity index (χ3v) is 4.49. The van der Waals surface area contributed by atoms with Gasteiger partial charge >= 0.3 is 0 Å². The first-order valence-electron chi connectivity index (χ1n) is 7.53. The van der Waals surface area contributed by atoms with E-state index in [2.05, 4.69) is 26.2 Å². The third-order valence-electron chi connectivity index (χ3n) is 3.76. The van der Waals surface area contributed by atoms with Gasteiger partial charge in [0.1, 0.15) is 6.04 Å². The Bertz CT molecular complexity index is 954. The van der Waals surface area contributed by atoms with Crippen molar-refractivity contribution >= 4 is 50.2 Å². The first-order chi connectivity index (χ1) is 11.9. The number of carbonyl (C=O) groups excluding carboxylic acids is 2. The molecule has 0 saturated carbocycles. The van der Waals surface area contributed by atoms with Crippen molar-refractivity contribution in [2.75, 3.05) is 0 Å². The number of rotatable bonds is 5. The fourth-order valence-corrected chi connectivity index (χ4v) is 3.25. The quantitative estimate of drug-likeness (QED) is 0.590. The van der Waals surface area contributed by atoms with Crippen molar-refractivity contribution in [3.63, 3.8) is 0 Å². The molecule has 2 amide bonds. The highest BCUT2D eigenvalue weighted by Crippen LogP contribution is 2.21. The minimum absolute atomic E-state index is 0.101. The summed E-state index contributed by atoms with van der Waals surface area (Å²) in [7, 11) is 0. The number of aromatic nitrogens is 1. The molecule has 128 valence electrons. The van der Waals surface area contributed by atoms with Crippen molar-refractivity contribution in [2.45, 2.75) is 12.5 Å². The summed E-state index contributed by atoms with van der Waals surface area (Å²) in [5.41, 5.74) is 7.69. The largest absolute Gasteiger partial charge is 0.368 e. The molecule has 3 rings (SSSR count). The van der Waals surface area contributed by atoms with Crippen LogP contribution in [0.2, 0.25) is 5.02 Å². The Hall–Kier alpha value is -2.31. The molecular weight excluding hydrogens is 406 g/mol. The van der Waals surface area contributed by atoms with Crippen molar-refractivity contribution in [3.05, 3.63) is 69.3 Å². The van der Waals surface area contributed by atoms with Gasteiger partial charge in [0.2, 0.25) is 11.8 Å². The molecule has 0 fully saturated rings. The Kier molecular flexibility index (Phi) is 5.11. The Morgan fingerprint density at radius 1 is 1.20 bits per heavy atom. The highest BCUT2D eigenvalue weighted by atomic mass is 79.9. The Balaban J connectivity index is 1.76. The van der Waals surface area contributed by atoms with E-state index in [1.165, 1.54) is 0 Å². The van der Waals surface area contributed by atoms with Gasteiger partial charge in [0.05, 0.1) is 6.42 Å². The number of aromatic amines is 1. The van der Waals surface area contributed by atoms with E-state index in [-0.39, 0.29) is 12.3 Å². The molecule has 25 heavy (non-hydrogen) atoms. The maximum Gasteiger partial charge on any atom is 0.244 e. The molecule has 0 aliphatic rings. The summed E-state index contributed by atoms with van der Waals surface area (Å²) in [6.45, 7) is 0. The average Bonchev–Trinajstić information content (AvgIpc) is 2.93. The molecule has 3 aromatic rings. The smallest absolute Gasteiger partial charge is 0.244 e. The van der Waals surface area contributed by atoms with Gasteiger partial charge in [0.15, 0.2) is 0 Å². The van der Waals surface area contributed by atoms with Gasteiger partial charge in [-0.2, -0.15) is 0 Å². The number of primary amides is 1. The van der Waals surface area contributed by atoms with Crippen LogP contribution in [0.15, 0.2) is 53.0 Å². The number of halogens is 2. The van der Waals surface area contributed by atoms with Gasteiger partial charge in [-0.3, -0.25) is 9.59 Å². The van der Waals surface area contributed by atoms with Crippen LogP contribution in [0.25, 0.3) is 10.9 Å². The number of hydrogen-bond acceptors (Lipinski definition) is 2. The average molecular weight is 421 g/mol. The second-order valence-electron chi connectivity index (χ2n) is 5.66. The number of carbonyl (C=O) groups is 2. The number of fused-ring (bicyclic) bond motifs is 1. The lowest BCUT2D eigenvalue weighted by atomic mass is 10.1. The Labute approximate surface area is 157 Å². The standard InChI is InChI=1S/C18H15BrClN3O2/c19-12-3-1-2-10(6-12)17(18(21)25)23-16(24)9-14-8-11-7-13(20)4-5-15(11)22-14/h1-8,17,22H,9H2,(H2,21,25)(H,23,24). The SMILES string of the molecule is NC(=O)C(NC(=O)Cc1cc2cc(Cl)ccc2[nH]1)c1cccc(Br)c1. The minimum Gasteiger partial charge on any atom is -0.368 e. The predicted molar refractivity (Wildman–Crippen MR) is 101 cm³/mol. The van der Waals surface area contributed by atoms with Crippen LogP contribution in [-0.4, -0.2) is 16.8 Å². The van der Waals surface area contributed by atoms with E-state index < -0.39 is 11.9 Å². The molecule has 0 aliphatic heterocycles. The number of benzene rings is 2. The topological polar surface area (TPSA) is 88.0 Å². The van der Waals surface area contributed by atoms with Crippen molar-refractivity contribution in [1.29, 1.82) is 0 Å². The number of nitrogens with one attached hydrogen (secondary N) is 2. The van der Waals surface area contributed by atoms with Crippen molar-refractivity contribution in [2.24, 2.45) is 5.73 Å². The molecule has 0 bridgehead atoms. The van der Waals surface area contributed by atoms with Crippen molar-refractivity contribution in [1.82, 2.24) is 10.3 Å². The van der Waals surface area contributed by atoms with E-state index in [1.54, 1.807) is 24.3 Å². The van der Waals surface area contributed by atoms with E-state index in [4.69, 9.17) is 17.3 Å². The molecule has 4 N–H and O–H groups in total. The summed E-state index contributed by atoms with van der Waals surface area (Å²) in [4.78, 5) is 27.3. The highest BCUT2D eigenvalue weighted by Gasteiger charge is 2.20. The molecule has 5 nitrogen and oxygen atoms in total. The molecule has 0 spiro atoms. The summed E-state index contributed by atoms with van der Waals surface area (Å²) in [6, 6.07) is 13.5. The Morgan fingerprint density at radius 2 is 2.00 bits per heavy atom. The number of H-pyrrole nitrogens is 1. The normalized spacial score (nSPS) is 12.1. The summed E-state index contributed by atoms with van der Waals surface area (Å²) >= 11 is 9.31. The van der Waals surface area contributed by atoms with Crippen LogP contribution in [0.1, 0.15) is 17.3 Å². The molecule has 1 heterocycles. The molecular formula is C18H15BrClN3O2. The Morgan fingerprint density at radius 3 is 2.72 bits per heavy atom. The second-order valence-corrected chi connectivity index (χ2v) is 7.01. The summed E-state index contributed by atoms with van der Waals surface area (Å²) in [5, 5.41) is 4.24. The van der Waals surface area contributed by atoms with Crippen LogP contribution in [0.4, 0.5) is 0 Å². The van der Waals surface area contributed by atoms with Crippen LogP contribution < -0.4 is 11.1 Å². The second kappa shape index (κ2) is 7.29. The van der Waals surface area contributed by atoms with E-state index in [9.17, 15) is 9.59 Å². The number of nitrogens with two attached hydrogens (primary N) is 1. The maximum atomic E-state index is 12.4. The minimum atomic E-state index is -0.885. The van der Waals surface area contributed by atoms with Gasteiger partial charge in [0.25, 0.3) is 0 Å². The lowest BCUT2D eigenvalue weighted by Crippen LogP contribution is -2.38. The molecule has 2 aromatic carbocycles. The summed E-state index contributed by atoms with van der Waals surface area (Å²) in [6.07, 6.45) is 0.101. The maximum absolute atomic E-state index is 12.4. The lowest BCUT2D eigenvalue weighted by molar-refractivity contribution is -0.127. The fraction of sp³-hybridized carbons (Fsp3) is 0.111. The zero-order chi connectivity index (χ0) is 18.0. The molecule has 0 saturated heterocycles. The van der Waals surface area contributed by atoms with Gasteiger partial charge in [0, 0.05) is 26.1 Å². The lowest BCUT2D eigenvalue weighted by Gasteiger charge is -2.16. The first kappa shape index (κ1) is 17.5.